The summed E-state index contributed by atoms with van der Waals surface area (Å²) in [6, 6.07) is 1.59. The van der Waals surface area contributed by atoms with Gasteiger partial charge in [0, 0.05) is 5.56 Å². The van der Waals surface area contributed by atoms with Crippen LogP contribution in [0.15, 0.2) is 16.7 Å². The molecule has 1 N–H and O–H groups in total. The van der Waals surface area contributed by atoms with Gasteiger partial charge in [0.05, 0.1) is 0 Å². The van der Waals surface area contributed by atoms with E-state index < -0.39 is 17.5 Å². The van der Waals surface area contributed by atoms with Gasteiger partial charge < -0.3 is 4.52 Å². The molecule has 0 unspecified atom stereocenters. The van der Waals surface area contributed by atoms with Gasteiger partial charge in [0.2, 0.25) is 0 Å². The fourth-order valence-electron chi connectivity index (χ4n) is 1.04. The van der Waals surface area contributed by atoms with Crippen molar-refractivity contribution in [2.45, 2.75) is 0 Å². The van der Waals surface area contributed by atoms with Gasteiger partial charge in [0.25, 0.3) is 0 Å². The van der Waals surface area contributed by atoms with Crippen LogP contribution >= 0.6 is 12.2 Å². The summed E-state index contributed by atoms with van der Waals surface area (Å²) in [7, 11) is 0. The SMILES string of the molecule is Fc1cc(-c2nc(=S)o[nH]2)cc(F)c1F. The molecule has 1 aromatic carbocycles. The number of H-pyrrole nitrogens is 1. The Balaban J connectivity index is 2.59. The Labute approximate surface area is 86.5 Å². The van der Waals surface area contributed by atoms with Crippen molar-refractivity contribution in [2.75, 3.05) is 0 Å². The summed E-state index contributed by atoms with van der Waals surface area (Å²) in [5.41, 5.74) is 0.0197. The summed E-state index contributed by atoms with van der Waals surface area (Å²) in [6.07, 6.45) is 0. The van der Waals surface area contributed by atoms with Gasteiger partial charge in [-0.15, -0.1) is 0 Å². The molecule has 0 amide bonds. The zero-order valence-electron chi connectivity index (χ0n) is 7.05. The molecule has 1 aromatic heterocycles. The van der Waals surface area contributed by atoms with Crippen LogP contribution in [0.3, 0.4) is 0 Å². The average molecular weight is 232 g/mol. The number of aromatic amines is 1. The van der Waals surface area contributed by atoms with Crippen LogP contribution in [0, 0.1) is 22.3 Å². The fraction of sp³-hybridized carbons (Fsp3) is 0. The van der Waals surface area contributed by atoms with Gasteiger partial charge in [-0.2, -0.15) is 4.98 Å². The lowest BCUT2D eigenvalue weighted by Crippen LogP contribution is -1.92. The van der Waals surface area contributed by atoms with Crippen molar-refractivity contribution in [1.82, 2.24) is 10.1 Å². The minimum Gasteiger partial charge on any atom is -0.348 e. The highest BCUT2D eigenvalue weighted by molar-refractivity contribution is 7.71. The molecular formula is C8H3F3N2OS. The molecule has 2 rings (SSSR count). The number of halogens is 3. The van der Waals surface area contributed by atoms with Gasteiger partial charge in [-0.1, -0.05) is 0 Å². The maximum atomic E-state index is 12.8. The van der Waals surface area contributed by atoms with Crippen LogP contribution in [0.1, 0.15) is 0 Å². The Morgan fingerprint density at radius 3 is 2.27 bits per heavy atom. The first kappa shape index (κ1) is 9.91. The number of aromatic nitrogens is 2. The molecule has 2 aromatic rings. The highest BCUT2D eigenvalue weighted by Crippen LogP contribution is 2.20. The van der Waals surface area contributed by atoms with Crippen LogP contribution in [0.2, 0.25) is 0 Å². The number of rotatable bonds is 1. The Bertz CT molecular complexity index is 540. The van der Waals surface area contributed by atoms with Crippen molar-refractivity contribution in [2.24, 2.45) is 0 Å². The predicted octanol–water partition coefficient (Wildman–Crippen LogP) is 2.82. The van der Waals surface area contributed by atoms with Gasteiger partial charge >= 0.3 is 4.84 Å². The van der Waals surface area contributed by atoms with E-state index >= 15 is 0 Å². The first-order valence-electron chi connectivity index (χ1n) is 3.78. The van der Waals surface area contributed by atoms with Crippen molar-refractivity contribution in [3.05, 3.63) is 34.4 Å². The minimum absolute atomic E-state index is 0.0197. The second-order valence-corrected chi connectivity index (χ2v) is 3.03. The summed E-state index contributed by atoms with van der Waals surface area (Å²) in [5, 5.41) is 2.25. The van der Waals surface area contributed by atoms with E-state index in [1.54, 1.807) is 0 Å². The molecule has 0 saturated heterocycles. The predicted molar refractivity (Wildman–Crippen MR) is 47.0 cm³/mol. The molecule has 0 radical (unpaired) electrons. The topological polar surface area (TPSA) is 41.8 Å². The molecule has 0 atom stereocenters. The molecule has 0 spiro atoms. The number of nitrogens with one attached hydrogen (secondary N) is 1. The molecule has 0 bridgehead atoms. The highest BCUT2D eigenvalue weighted by Gasteiger charge is 2.13. The van der Waals surface area contributed by atoms with Crippen molar-refractivity contribution < 1.29 is 17.7 Å². The van der Waals surface area contributed by atoms with Crippen LogP contribution < -0.4 is 0 Å². The smallest absolute Gasteiger partial charge is 0.314 e. The summed E-state index contributed by atoms with van der Waals surface area (Å²) >= 11 is 4.55. The molecule has 1 heterocycles. The normalized spacial score (nSPS) is 10.6. The van der Waals surface area contributed by atoms with E-state index in [0.717, 1.165) is 12.1 Å². The Morgan fingerprint density at radius 1 is 1.20 bits per heavy atom. The van der Waals surface area contributed by atoms with Crippen molar-refractivity contribution in [3.8, 4) is 11.4 Å². The van der Waals surface area contributed by atoms with Crippen molar-refractivity contribution in [3.63, 3.8) is 0 Å². The van der Waals surface area contributed by atoms with E-state index in [9.17, 15) is 13.2 Å². The molecule has 0 aliphatic heterocycles. The second-order valence-electron chi connectivity index (χ2n) is 2.68. The first-order chi connectivity index (χ1) is 7.08. The van der Waals surface area contributed by atoms with E-state index in [-0.39, 0.29) is 16.2 Å². The summed E-state index contributed by atoms with van der Waals surface area (Å²) in [4.78, 5) is 3.53. The zero-order chi connectivity index (χ0) is 11.0. The summed E-state index contributed by atoms with van der Waals surface area (Å²) in [5.74, 6) is -4.08. The minimum atomic E-state index is -1.53. The molecule has 0 saturated carbocycles. The molecule has 0 aliphatic carbocycles. The highest BCUT2D eigenvalue weighted by atomic mass is 32.1. The van der Waals surface area contributed by atoms with Gasteiger partial charge in [-0.05, 0) is 24.4 Å². The lowest BCUT2D eigenvalue weighted by Gasteiger charge is -1.98. The maximum Gasteiger partial charge on any atom is 0.314 e. The third kappa shape index (κ3) is 1.78. The third-order valence-corrected chi connectivity index (χ3v) is 1.87. The standard InChI is InChI=1S/C8H3F3N2OS/c9-4-1-3(2-5(10)6(4)11)7-12-8(15)14-13-7/h1-2H,(H,12,13,15). The number of benzene rings is 1. The van der Waals surface area contributed by atoms with E-state index in [0.29, 0.717) is 0 Å². The van der Waals surface area contributed by atoms with Gasteiger partial charge in [0.15, 0.2) is 23.3 Å². The van der Waals surface area contributed by atoms with Gasteiger partial charge in [-0.3, -0.25) is 0 Å². The van der Waals surface area contributed by atoms with E-state index in [1.807, 2.05) is 0 Å². The molecular weight excluding hydrogens is 229 g/mol. The molecule has 78 valence electrons. The Hall–Kier alpha value is -1.63. The fourth-order valence-corrected chi connectivity index (χ4v) is 1.18. The summed E-state index contributed by atoms with van der Waals surface area (Å²) < 4.78 is 42.8. The van der Waals surface area contributed by atoms with Crippen molar-refractivity contribution in [1.29, 1.82) is 0 Å². The second kappa shape index (κ2) is 3.50. The summed E-state index contributed by atoms with van der Waals surface area (Å²) in [6.45, 7) is 0. The quantitative estimate of drug-likeness (QED) is 0.607. The lowest BCUT2D eigenvalue weighted by atomic mass is 10.2. The number of hydrogen-bond acceptors (Lipinski definition) is 3. The van der Waals surface area contributed by atoms with Crippen LogP contribution in [-0.4, -0.2) is 10.1 Å². The van der Waals surface area contributed by atoms with E-state index in [1.165, 1.54) is 0 Å². The van der Waals surface area contributed by atoms with Gasteiger partial charge in [0.1, 0.15) is 0 Å². The maximum absolute atomic E-state index is 12.8. The lowest BCUT2D eigenvalue weighted by molar-refractivity contribution is 0.406. The van der Waals surface area contributed by atoms with E-state index in [4.69, 9.17) is 0 Å². The Kier molecular flexibility index (Phi) is 2.31. The molecule has 7 heteroatoms. The zero-order valence-corrected chi connectivity index (χ0v) is 7.87. The van der Waals surface area contributed by atoms with Crippen molar-refractivity contribution >= 4 is 12.2 Å². The molecule has 0 aliphatic rings. The van der Waals surface area contributed by atoms with Crippen LogP contribution in [0.4, 0.5) is 13.2 Å². The van der Waals surface area contributed by atoms with E-state index in [2.05, 4.69) is 26.9 Å². The van der Waals surface area contributed by atoms with Crippen LogP contribution in [0.5, 0.6) is 0 Å². The van der Waals surface area contributed by atoms with Gasteiger partial charge in [-0.25, -0.2) is 18.3 Å². The van der Waals surface area contributed by atoms with Crippen LogP contribution in [0.25, 0.3) is 11.4 Å². The third-order valence-electron chi connectivity index (χ3n) is 1.70. The monoisotopic (exact) mass is 232 g/mol. The average Bonchev–Trinajstić information content (AvgIpc) is 2.60. The van der Waals surface area contributed by atoms with Crippen LogP contribution in [-0.2, 0) is 0 Å². The number of hydrogen-bond donors (Lipinski definition) is 1. The molecule has 3 nitrogen and oxygen atoms in total. The first-order valence-corrected chi connectivity index (χ1v) is 4.19. The molecule has 0 fully saturated rings. The Morgan fingerprint density at radius 2 is 1.80 bits per heavy atom. The number of nitrogens with zero attached hydrogens (tertiary/aromatic N) is 1. The molecule has 15 heavy (non-hydrogen) atoms. The largest absolute Gasteiger partial charge is 0.348 e.